The second-order valence-electron chi connectivity index (χ2n) is 10.5. The highest BCUT2D eigenvalue weighted by atomic mass is 16.5. The molecule has 36 heavy (non-hydrogen) atoms. The molecule has 8 heteroatoms. The molecule has 3 unspecified atom stereocenters. The van der Waals surface area contributed by atoms with Crippen LogP contribution in [0.1, 0.15) is 41.3 Å². The number of fused-ring (bicyclic) bond motifs is 2. The Kier molecular flexibility index (Phi) is 7.53. The van der Waals surface area contributed by atoms with Crippen molar-refractivity contribution < 1.29 is 9.53 Å². The van der Waals surface area contributed by atoms with Crippen molar-refractivity contribution in [2.45, 2.75) is 50.9 Å². The van der Waals surface area contributed by atoms with Crippen LogP contribution in [0.15, 0.2) is 47.6 Å². The number of hydrogen-bond acceptors (Lipinski definition) is 7. The van der Waals surface area contributed by atoms with Crippen molar-refractivity contribution in [3.05, 3.63) is 64.1 Å². The van der Waals surface area contributed by atoms with Crippen LogP contribution in [0.5, 0.6) is 5.75 Å². The van der Waals surface area contributed by atoms with Crippen molar-refractivity contribution in [2.75, 3.05) is 51.2 Å². The molecule has 1 N–H and O–H groups in total. The van der Waals surface area contributed by atoms with Gasteiger partial charge in [0, 0.05) is 58.4 Å². The third-order valence-electron chi connectivity index (χ3n) is 7.74. The van der Waals surface area contributed by atoms with E-state index in [4.69, 9.17) is 4.74 Å². The van der Waals surface area contributed by atoms with Crippen LogP contribution in [0.2, 0.25) is 0 Å². The van der Waals surface area contributed by atoms with Crippen LogP contribution in [0.4, 0.5) is 5.69 Å². The van der Waals surface area contributed by atoms with E-state index >= 15 is 0 Å². The highest BCUT2D eigenvalue weighted by Crippen LogP contribution is 2.30. The molecule has 1 saturated heterocycles. The number of ether oxygens (including phenoxy) is 1. The van der Waals surface area contributed by atoms with E-state index in [2.05, 4.69) is 51.5 Å². The van der Waals surface area contributed by atoms with Crippen molar-refractivity contribution in [2.24, 2.45) is 5.18 Å². The molecule has 0 saturated carbocycles. The summed E-state index contributed by atoms with van der Waals surface area (Å²) in [5, 5.41) is 6.89. The lowest BCUT2D eigenvalue weighted by molar-refractivity contribution is 0.0746. The zero-order valence-corrected chi connectivity index (χ0v) is 21.4. The zero-order chi connectivity index (χ0) is 25.1. The van der Waals surface area contributed by atoms with Crippen LogP contribution < -0.4 is 15.0 Å². The highest BCUT2D eigenvalue weighted by molar-refractivity contribution is 6.00. The molecule has 2 aromatic rings. The quantitative estimate of drug-likeness (QED) is 0.599. The number of likely N-dealkylation sites (N-methyl/N-ethyl adjacent to an activating group) is 1. The summed E-state index contributed by atoms with van der Waals surface area (Å²) in [6, 6.07) is 14.2. The van der Waals surface area contributed by atoms with Crippen LogP contribution in [-0.4, -0.2) is 80.2 Å². The lowest BCUT2D eigenvalue weighted by atomic mass is 9.99. The van der Waals surface area contributed by atoms with Gasteiger partial charge in [-0.15, -0.1) is 0 Å². The van der Waals surface area contributed by atoms with Gasteiger partial charge in [0.05, 0.1) is 11.3 Å². The number of piperidine rings is 1. The Balaban J connectivity index is 1.25. The second kappa shape index (κ2) is 11.0. The maximum absolute atomic E-state index is 13.5. The molecule has 1 fully saturated rings. The lowest BCUT2D eigenvalue weighted by Crippen LogP contribution is -2.44. The number of rotatable bonds is 7. The van der Waals surface area contributed by atoms with Gasteiger partial charge in [0.15, 0.2) is 0 Å². The van der Waals surface area contributed by atoms with Crippen LogP contribution in [-0.2, 0) is 13.0 Å². The van der Waals surface area contributed by atoms with Gasteiger partial charge >= 0.3 is 0 Å². The average molecular weight is 492 g/mol. The number of carbonyl (C=O) groups excluding carboxylic acids is 1. The van der Waals surface area contributed by atoms with E-state index in [1.807, 2.05) is 25.2 Å². The predicted octanol–water partition coefficient (Wildman–Crippen LogP) is 3.29. The number of benzene rings is 2. The highest BCUT2D eigenvalue weighted by Gasteiger charge is 2.29. The van der Waals surface area contributed by atoms with E-state index < -0.39 is 6.04 Å². The summed E-state index contributed by atoms with van der Waals surface area (Å²) in [4.78, 5) is 31.5. The molecule has 8 nitrogen and oxygen atoms in total. The zero-order valence-electron chi connectivity index (χ0n) is 21.4. The van der Waals surface area contributed by atoms with Crippen molar-refractivity contribution in [3.8, 4) is 5.75 Å². The van der Waals surface area contributed by atoms with Crippen LogP contribution >= 0.6 is 0 Å². The maximum Gasteiger partial charge on any atom is 0.256 e. The Morgan fingerprint density at radius 3 is 2.75 bits per heavy atom. The fraction of sp³-hybridized carbons (Fsp3) is 0.536. The van der Waals surface area contributed by atoms with Gasteiger partial charge in [-0.3, -0.25) is 9.69 Å². The first-order valence-corrected chi connectivity index (χ1v) is 13.2. The molecular weight excluding hydrogens is 454 g/mol. The number of anilines is 1. The molecule has 2 aromatic carbocycles. The number of nitrogens with zero attached hydrogens (tertiary/aromatic N) is 4. The number of nitrogens with one attached hydrogen (secondary N) is 1. The van der Waals surface area contributed by atoms with Gasteiger partial charge in [0.1, 0.15) is 17.9 Å². The molecule has 0 spiro atoms. The Bertz CT molecular complexity index is 1090. The molecule has 1 amide bonds. The van der Waals surface area contributed by atoms with Crippen molar-refractivity contribution in [1.82, 2.24) is 15.1 Å². The summed E-state index contributed by atoms with van der Waals surface area (Å²) in [5.41, 5.74) is 4.22. The van der Waals surface area contributed by atoms with Gasteiger partial charge in [0.25, 0.3) is 5.91 Å². The van der Waals surface area contributed by atoms with Crippen molar-refractivity contribution >= 4 is 11.6 Å². The summed E-state index contributed by atoms with van der Waals surface area (Å²) >= 11 is 0. The Morgan fingerprint density at radius 1 is 1.11 bits per heavy atom. The fourth-order valence-electron chi connectivity index (χ4n) is 5.69. The largest absolute Gasteiger partial charge is 0.490 e. The van der Waals surface area contributed by atoms with Crippen molar-refractivity contribution in [1.29, 1.82) is 0 Å². The van der Waals surface area contributed by atoms with Gasteiger partial charge in [0.2, 0.25) is 0 Å². The Morgan fingerprint density at radius 2 is 1.94 bits per heavy atom. The number of carbonyl (C=O) groups is 1. The molecule has 0 aromatic heterocycles. The molecule has 0 aliphatic carbocycles. The van der Waals surface area contributed by atoms with Gasteiger partial charge in [-0.25, -0.2) is 0 Å². The van der Waals surface area contributed by atoms with Gasteiger partial charge in [-0.1, -0.05) is 29.4 Å². The third kappa shape index (κ3) is 5.55. The van der Waals surface area contributed by atoms with E-state index in [1.54, 1.807) is 4.90 Å². The molecule has 0 radical (unpaired) electrons. The number of nitroso groups, excluding NO2 is 1. The lowest BCUT2D eigenvalue weighted by Gasteiger charge is -2.31. The minimum absolute atomic E-state index is 0.0472. The number of amides is 1. The standard InChI is InChI=1S/C28H37N5O3/c1-20-15-25(9-11-29-20)36-24-7-8-26-27(16-24)31(2)13-14-33(28(26)34)19-23(30-35)18-32-12-10-21-5-3-4-6-22(21)17-32/h3-8,16,20,23,25,29H,9-15,17-19H2,1-2H3. The maximum atomic E-state index is 13.5. The Hall–Kier alpha value is -2.97. The smallest absolute Gasteiger partial charge is 0.256 e. The summed E-state index contributed by atoms with van der Waals surface area (Å²) in [5.74, 6) is 0.757. The summed E-state index contributed by atoms with van der Waals surface area (Å²) in [7, 11) is 2.01. The van der Waals surface area contributed by atoms with E-state index in [0.717, 1.165) is 50.3 Å². The predicted molar refractivity (Wildman–Crippen MR) is 142 cm³/mol. The normalized spacial score (nSPS) is 23.4. The molecule has 3 heterocycles. The van der Waals surface area contributed by atoms with E-state index in [0.29, 0.717) is 37.8 Å². The monoisotopic (exact) mass is 491 g/mol. The van der Waals surface area contributed by atoms with Crippen LogP contribution in [0.25, 0.3) is 0 Å². The van der Waals surface area contributed by atoms with E-state index in [9.17, 15) is 9.70 Å². The molecule has 192 valence electrons. The fourth-order valence-corrected chi connectivity index (χ4v) is 5.69. The minimum Gasteiger partial charge on any atom is -0.490 e. The van der Waals surface area contributed by atoms with Crippen molar-refractivity contribution in [3.63, 3.8) is 0 Å². The van der Waals surface area contributed by atoms with Gasteiger partial charge < -0.3 is 19.9 Å². The van der Waals surface area contributed by atoms with Crippen LogP contribution in [0, 0.1) is 4.91 Å². The summed E-state index contributed by atoms with van der Waals surface area (Å²) in [6.45, 7) is 7.00. The van der Waals surface area contributed by atoms with Crippen LogP contribution in [0.3, 0.4) is 0 Å². The second-order valence-corrected chi connectivity index (χ2v) is 10.5. The third-order valence-corrected chi connectivity index (χ3v) is 7.74. The Labute approximate surface area is 213 Å². The molecule has 3 aliphatic heterocycles. The van der Waals surface area contributed by atoms with E-state index in [-0.39, 0.29) is 12.0 Å². The first kappa shape index (κ1) is 24.7. The van der Waals surface area contributed by atoms with Gasteiger partial charge in [-0.05, 0) is 56.0 Å². The van der Waals surface area contributed by atoms with Gasteiger partial charge in [-0.2, -0.15) is 4.91 Å². The summed E-state index contributed by atoms with van der Waals surface area (Å²) < 4.78 is 6.28. The summed E-state index contributed by atoms with van der Waals surface area (Å²) in [6.07, 6.45) is 3.11. The molecule has 0 bridgehead atoms. The molecular formula is C28H37N5O3. The van der Waals surface area contributed by atoms with E-state index in [1.165, 1.54) is 11.1 Å². The topological polar surface area (TPSA) is 77.5 Å². The first-order valence-electron chi connectivity index (χ1n) is 13.2. The first-order chi connectivity index (χ1) is 17.5. The SMILES string of the molecule is CC1CC(Oc2ccc3c(c2)N(C)CCN(CC(CN2CCc4ccccc4C2)N=O)C3=O)CCN1. The average Bonchev–Trinajstić information content (AvgIpc) is 3.00. The molecule has 3 aliphatic rings. The number of hydrogen-bond donors (Lipinski definition) is 1. The molecule has 5 rings (SSSR count). The molecule has 3 atom stereocenters. The minimum atomic E-state index is -0.462.